The molecule has 1 unspecified atom stereocenters. The van der Waals surface area contributed by atoms with Crippen LogP contribution >= 0.6 is 0 Å². The van der Waals surface area contributed by atoms with Crippen molar-refractivity contribution >= 4 is 27.6 Å². The minimum atomic E-state index is -0.706. The summed E-state index contributed by atoms with van der Waals surface area (Å²) >= 11 is 0. The van der Waals surface area contributed by atoms with E-state index >= 15 is 8.78 Å². The lowest BCUT2D eigenvalue weighted by molar-refractivity contribution is 0.0543. The number of rotatable bonds is 6. The lowest BCUT2D eigenvalue weighted by atomic mass is 9.86. The van der Waals surface area contributed by atoms with E-state index in [0.29, 0.717) is 65.4 Å². The van der Waals surface area contributed by atoms with Gasteiger partial charge in [0.15, 0.2) is 0 Å². The van der Waals surface area contributed by atoms with E-state index in [1.165, 1.54) is 30.3 Å². The topological polar surface area (TPSA) is 104 Å². The zero-order valence-corrected chi connectivity index (χ0v) is 21.0. The maximum atomic E-state index is 15.5. The molecule has 0 spiro atoms. The summed E-state index contributed by atoms with van der Waals surface area (Å²) in [5.41, 5.74) is 9.86. The third-order valence-electron chi connectivity index (χ3n) is 6.99. The summed E-state index contributed by atoms with van der Waals surface area (Å²) in [6.07, 6.45) is 4.60. The van der Waals surface area contributed by atoms with Crippen molar-refractivity contribution in [1.82, 2.24) is 19.5 Å². The molecular formula is C27H30F2N6O2. The number of nitrogens with zero attached hydrogens (tertiary/aromatic N) is 4. The number of pyridine rings is 2. The highest BCUT2D eigenvalue weighted by molar-refractivity contribution is 6.08. The van der Waals surface area contributed by atoms with Crippen LogP contribution in [0.4, 0.5) is 8.78 Å². The summed E-state index contributed by atoms with van der Waals surface area (Å²) in [4.78, 5) is 9.19. The minimum Gasteiger partial charge on any atom is -0.479 e. The fourth-order valence-electron chi connectivity index (χ4n) is 5.50. The van der Waals surface area contributed by atoms with Gasteiger partial charge in [0.1, 0.15) is 17.2 Å². The third kappa shape index (κ3) is 4.25. The first-order chi connectivity index (χ1) is 17.8. The average molecular weight is 509 g/mol. The van der Waals surface area contributed by atoms with Crippen molar-refractivity contribution in [2.24, 2.45) is 17.5 Å². The van der Waals surface area contributed by atoms with Gasteiger partial charge >= 0.3 is 0 Å². The predicted octanol–water partition coefficient (Wildman–Crippen LogP) is 4.34. The molecule has 194 valence electrons. The van der Waals surface area contributed by atoms with Crippen LogP contribution in [0.1, 0.15) is 36.9 Å². The van der Waals surface area contributed by atoms with E-state index in [4.69, 9.17) is 26.0 Å². The summed E-state index contributed by atoms with van der Waals surface area (Å²) in [6, 6.07) is 6.99. The number of methoxy groups -OCH3 is 1. The molecule has 1 aromatic carbocycles. The van der Waals surface area contributed by atoms with Gasteiger partial charge in [-0.3, -0.25) is 4.98 Å². The molecule has 5 rings (SSSR count). The summed E-state index contributed by atoms with van der Waals surface area (Å²) < 4.78 is 44.1. The number of aromatic nitrogens is 3. The Morgan fingerprint density at radius 2 is 1.89 bits per heavy atom. The molecule has 1 fully saturated rings. The van der Waals surface area contributed by atoms with Crippen molar-refractivity contribution in [3.63, 3.8) is 0 Å². The normalized spacial score (nSPS) is 16.2. The molecule has 1 aliphatic rings. The molecule has 0 bridgehead atoms. The Morgan fingerprint density at radius 3 is 2.51 bits per heavy atom. The van der Waals surface area contributed by atoms with Gasteiger partial charge in [-0.05, 0) is 49.9 Å². The smallest absolute Gasteiger partial charge is 0.238 e. The van der Waals surface area contributed by atoms with Gasteiger partial charge in [-0.2, -0.15) is 0 Å². The monoisotopic (exact) mass is 508 g/mol. The molecule has 3 aromatic heterocycles. The first-order valence-corrected chi connectivity index (χ1v) is 12.1. The molecule has 0 saturated carbocycles. The maximum absolute atomic E-state index is 15.5. The van der Waals surface area contributed by atoms with E-state index in [1.54, 1.807) is 26.4 Å². The molecule has 37 heavy (non-hydrogen) atoms. The Kier molecular flexibility index (Phi) is 6.70. The second kappa shape index (κ2) is 9.95. The van der Waals surface area contributed by atoms with Gasteiger partial charge in [0.25, 0.3) is 0 Å². The molecule has 1 saturated heterocycles. The lowest BCUT2D eigenvalue weighted by Gasteiger charge is -2.33. The van der Waals surface area contributed by atoms with Crippen LogP contribution < -0.4 is 16.3 Å². The second-order valence-corrected chi connectivity index (χ2v) is 9.35. The van der Waals surface area contributed by atoms with Gasteiger partial charge in [0.2, 0.25) is 5.88 Å². The largest absolute Gasteiger partial charge is 0.479 e. The number of halogens is 2. The quantitative estimate of drug-likeness (QED) is 0.295. The van der Waals surface area contributed by atoms with Crippen molar-refractivity contribution in [2.75, 3.05) is 27.4 Å². The molecule has 0 radical (unpaired) electrons. The van der Waals surface area contributed by atoms with Gasteiger partial charge in [0.05, 0.1) is 29.9 Å². The van der Waals surface area contributed by atoms with Crippen LogP contribution in [0.5, 0.6) is 5.88 Å². The van der Waals surface area contributed by atoms with Crippen LogP contribution in [0.2, 0.25) is 0 Å². The molecule has 1 atom stereocenters. The highest BCUT2D eigenvalue weighted by Crippen LogP contribution is 2.44. The Bertz CT molecular complexity index is 1470. The number of hydrogen-bond acceptors (Lipinski definition) is 7. The van der Waals surface area contributed by atoms with E-state index in [-0.39, 0.29) is 11.5 Å². The van der Waals surface area contributed by atoms with E-state index < -0.39 is 17.7 Å². The number of fused-ring (bicyclic) bond motifs is 3. The SMILES string of the molecule is COc1nccc2c3ncc(/C(=C(\C)N)N(C)N)cc3n(C(c3c(F)cccc3F)C3CCOCC3)c12. The van der Waals surface area contributed by atoms with Crippen molar-refractivity contribution in [3.05, 3.63) is 71.2 Å². The molecule has 4 N–H and O–H groups in total. The van der Waals surface area contributed by atoms with Crippen LogP contribution in [-0.2, 0) is 4.74 Å². The van der Waals surface area contributed by atoms with Crippen molar-refractivity contribution < 1.29 is 18.3 Å². The lowest BCUT2D eigenvalue weighted by Crippen LogP contribution is -2.28. The Balaban J connectivity index is 1.92. The summed E-state index contributed by atoms with van der Waals surface area (Å²) in [5, 5.41) is 2.19. The highest BCUT2D eigenvalue weighted by atomic mass is 19.1. The first kappa shape index (κ1) is 24.9. The third-order valence-corrected chi connectivity index (χ3v) is 6.99. The number of hydrogen-bond donors (Lipinski definition) is 2. The molecule has 8 nitrogen and oxygen atoms in total. The van der Waals surface area contributed by atoms with Crippen LogP contribution in [-0.4, -0.2) is 46.9 Å². The fourth-order valence-corrected chi connectivity index (χ4v) is 5.50. The highest BCUT2D eigenvalue weighted by Gasteiger charge is 2.35. The fraction of sp³-hybridized carbons (Fsp3) is 0.333. The number of benzene rings is 1. The van der Waals surface area contributed by atoms with E-state index in [0.717, 1.165) is 5.39 Å². The standard InChI is InChI=1S/C27H30F2N6O2/c1-15(30)24(34(2)31)17-13-21-23(33-14-17)18-7-10-32-27(36-3)26(18)35(21)25(16-8-11-37-12-9-16)22-19(28)5-4-6-20(22)29/h4-7,10,13-14,16,25H,8-9,11-12,30-31H2,1-3H3/b24-15-. The van der Waals surface area contributed by atoms with Crippen molar-refractivity contribution in [1.29, 1.82) is 0 Å². The van der Waals surface area contributed by atoms with Crippen molar-refractivity contribution in [2.45, 2.75) is 25.8 Å². The van der Waals surface area contributed by atoms with Crippen LogP contribution in [0.25, 0.3) is 27.6 Å². The Morgan fingerprint density at radius 1 is 1.19 bits per heavy atom. The molecule has 10 heteroatoms. The maximum Gasteiger partial charge on any atom is 0.238 e. The first-order valence-electron chi connectivity index (χ1n) is 12.1. The van der Waals surface area contributed by atoms with Crippen LogP contribution in [0.3, 0.4) is 0 Å². The predicted molar refractivity (Wildman–Crippen MR) is 138 cm³/mol. The van der Waals surface area contributed by atoms with E-state index in [9.17, 15) is 0 Å². The van der Waals surface area contributed by atoms with Gasteiger partial charge in [-0.15, -0.1) is 0 Å². The van der Waals surface area contributed by atoms with Crippen molar-refractivity contribution in [3.8, 4) is 5.88 Å². The molecular weight excluding hydrogens is 478 g/mol. The number of nitrogens with two attached hydrogens (primary N) is 2. The number of hydrazine groups is 1. The van der Waals surface area contributed by atoms with Gasteiger partial charge in [0, 0.05) is 54.9 Å². The zero-order valence-electron chi connectivity index (χ0n) is 21.0. The molecule has 0 amide bonds. The van der Waals surface area contributed by atoms with Crippen LogP contribution in [0, 0.1) is 17.6 Å². The summed E-state index contributed by atoms with van der Waals surface area (Å²) in [7, 11) is 3.22. The van der Waals surface area contributed by atoms with Gasteiger partial charge in [-0.1, -0.05) is 6.07 Å². The Hall–Kier alpha value is -3.76. The van der Waals surface area contributed by atoms with Gasteiger partial charge < -0.3 is 24.8 Å². The molecule has 4 heterocycles. The van der Waals surface area contributed by atoms with Crippen LogP contribution in [0.15, 0.2) is 48.4 Å². The molecule has 4 aromatic rings. The minimum absolute atomic E-state index is 0.00813. The molecule has 0 aliphatic carbocycles. The number of allylic oxidation sites excluding steroid dienone is 1. The summed E-state index contributed by atoms with van der Waals surface area (Å²) in [5.74, 6) is 5.10. The Labute approximate surface area is 213 Å². The average Bonchev–Trinajstić information content (AvgIpc) is 3.20. The summed E-state index contributed by atoms with van der Waals surface area (Å²) in [6.45, 7) is 2.76. The van der Waals surface area contributed by atoms with E-state index in [1.807, 2.05) is 16.7 Å². The molecule has 1 aliphatic heterocycles. The zero-order chi connectivity index (χ0) is 26.3. The number of ether oxygens (including phenoxy) is 2. The van der Waals surface area contributed by atoms with Gasteiger partial charge in [-0.25, -0.2) is 19.6 Å². The van der Waals surface area contributed by atoms with E-state index in [2.05, 4.69) is 4.98 Å². The second-order valence-electron chi connectivity index (χ2n) is 9.35.